The standard InChI is InChI=1S/C21H14F6O8/c1-34-17(32)11-5-3-9(7-13(11)15(28)29)19(20(22,23)24,21(25,26)27)10-4-6-12(18(33)35-2)14(8-10)16(30)31/h3-8H,1-2H3,(H,28,29)(H,30,31). The summed E-state index contributed by atoms with van der Waals surface area (Å²) < 4.78 is 94.8. The van der Waals surface area contributed by atoms with Gasteiger partial charge in [0.1, 0.15) is 0 Å². The van der Waals surface area contributed by atoms with Gasteiger partial charge in [-0.15, -0.1) is 0 Å². The molecule has 0 unspecified atom stereocenters. The summed E-state index contributed by atoms with van der Waals surface area (Å²) in [7, 11) is 1.63. The van der Waals surface area contributed by atoms with Gasteiger partial charge in [-0.3, -0.25) is 0 Å². The highest BCUT2D eigenvalue weighted by molar-refractivity contribution is 6.03. The van der Waals surface area contributed by atoms with E-state index in [9.17, 15) is 55.7 Å². The third kappa shape index (κ3) is 4.50. The topological polar surface area (TPSA) is 127 Å². The first-order valence-corrected chi connectivity index (χ1v) is 9.10. The van der Waals surface area contributed by atoms with Crippen LogP contribution in [0.2, 0.25) is 0 Å². The molecule has 0 radical (unpaired) electrons. The second-order valence-electron chi connectivity index (χ2n) is 6.86. The van der Waals surface area contributed by atoms with Gasteiger partial charge in [-0.1, -0.05) is 12.1 Å². The Balaban J connectivity index is 3.08. The van der Waals surface area contributed by atoms with Crippen molar-refractivity contribution >= 4 is 23.9 Å². The van der Waals surface area contributed by atoms with Gasteiger partial charge in [-0.2, -0.15) is 26.3 Å². The third-order valence-electron chi connectivity index (χ3n) is 5.03. The first-order chi connectivity index (χ1) is 16.0. The minimum Gasteiger partial charge on any atom is -0.478 e. The predicted octanol–water partition coefficient (Wildman–Crippen LogP) is 4.07. The van der Waals surface area contributed by atoms with Crippen LogP contribution >= 0.6 is 0 Å². The quantitative estimate of drug-likeness (QED) is 0.442. The van der Waals surface area contributed by atoms with Crippen LogP contribution in [0.5, 0.6) is 0 Å². The van der Waals surface area contributed by atoms with Crippen molar-refractivity contribution in [3.05, 3.63) is 69.8 Å². The number of halogens is 6. The minimum atomic E-state index is -6.21. The van der Waals surface area contributed by atoms with E-state index in [0.29, 0.717) is 12.1 Å². The molecule has 2 rings (SSSR count). The zero-order valence-corrected chi connectivity index (χ0v) is 17.6. The maximum Gasteiger partial charge on any atom is 0.411 e. The highest BCUT2D eigenvalue weighted by Crippen LogP contribution is 2.56. The number of rotatable bonds is 6. The number of carbonyl (C=O) groups excluding carboxylic acids is 2. The predicted molar refractivity (Wildman–Crippen MR) is 102 cm³/mol. The minimum absolute atomic E-state index is 0.00419. The molecule has 0 saturated carbocycles. The molecule has 0 aromatic heterocycles. The second-order valence-corrected chi connectivity index (χ2v) is 6.86. The van der Waals surface area contributed by atoms with Crippen molar-refractivity contribution in [1.29, 1.82) is 0 Å². The van der Waals surface area contributed by atoms with E-state index in [1.165, 1.54) is 0 Å². The summed E-state index contributed by atoms with van der Waals surface area (Å²) >= 11 is 0. The Morgan fingerprint density at radius 2 is 0.943 bits per heavy atom. The molecule has 0 fully saturated rings. The fourth-order valence-electron chi connectivity index (χ4n) is 3.47. The van der Waals surface area contributed by atoms with Crippen LogP contribution in [-0.2, 0) is 14.9 Å². The highest BCUT2D eigenvalue weighted by atomic mass is 19.4. The van der Waals surface area contributed by atoms with E-state index in [4.69, 9.17) is 0 Å². The van der Waals surface area contributed by atoms with Gasteiger partial charge in [0, 0.05) is 0 Å². The van der Waals surface area contributed by atoms with E-state index in [1.807, 2.05) is 0 Å². The summed E-state index contributed by atoms with van der Waals surface area (Å²) in [5.74, 6) is -6.74. The molecule has 35 heavy (non-hydrogen) atoms. The fourth-order valence-corrected chi connectivity index (χ4v) is 3.47. The molecule has 0 heterocycles. The summed E-state index contributed by atoms with van der Waals surface area (Å²) in [6.07, 6.45) is -12.4. The van der Waals surface area contributed by atoms with E-state index >= 15 is 0 Å². The maximum absolute atomic E-state index is 14.4. The van der Waals surface area contributed by atoms with Gasteiger partial charge in [-0.05, 0) is 35.4 Å². The first kappa shape index (κ1) is 27.1. The average molecular weight is 508 g/mol. The van der Waals surface area contributed by atoms with E-state index in [1.54, 1.807) is 0 Å². The average Bonchev–Trinajstić information content (AvgIpc) is 2.76. The zero-order chi connectivity index (χ0) is 26.9. The lowest BCUT2D eigenvalue weighted by Crippen LogP contribution is -2.55. The molecule has 0 aliphatic heterocycles. The third-order valence-corrected chi connectivity index (χ3v) is 5.03. The van der Waals surface area contributed by atoms with Crippen LogP contribution < -0.4 is 0 Å². The van der Waals surface area contributed by atoms with Gasteiger partial charge >= 0.3 is 36.2 Å². The summed E-state index contributed by atoms with van der Waals surface area (Å²) in [6, 6.07) is 1.30. The molecule has 188 valence electrons. The first-order valence-electron chi connectivity index (χ1n) is 9.10. The number of hydrogen-bond acceptors (Lipinski definition) is 6. The Labute approximate surface area is 191 Å². The number of carbonyl (C=O) groups is 4. The van der Waals surface area contributed by atoms with Gasteiger partial charge in [0.25, 0.3) is 0 Å². The van der Waals surface area contributed by atoms with Crippen LogP contribution in [0.25, 0.3) is 0 Å². The number of carboxylic acids is 2. The number of carboxylic acid groups (broad SMARTS) is 2. The number of hydrogen-bond donors (Lipinski definition) is 2. The molecule has 0 aliphatic carbocycles. The van der Waals surface area contributed by atoms with Crippen LogP contribution in [0.15, 0.2) is 36.4 Å². The van der Waals surface area contributed by atoms with Crippen LogP contribution in [0.3, 0.4) is 0 Å². The normalized spacial score (nSPS) is 12.1. The summed E-state index contributed by atoms with van der Waals surface area (Å²) in [6.45, 7) is 0. The van der Waals surface area contributed by atoms with Crippen LogP contribution in [0, 0.1) is 0 Å². The summed E-state index contributed by atoms with van der Waals surface area (Å²) in [5, 5.41) is 18.6. The monoisotopic (exact) mass is 508 g/mol. The zero-order valence-electron chi connectivity index (χ0n) is 17.6. The van der Waals surface area contributed by atoms with Crippen LogP contribution in [0.1, 0.15) is 52.6 Å². The van der Waals surface area contributed by atoms with E-state index in [2.05, 4.69) is 9.47 Å². The Hall–Kier alpha value is -4.10. The van der Waals surface area contributed by atoms with Gasteiger partial charge < -0.3 is 19.7 Å². The smallest absolute Gasteiger partial charge is 0.411 e. The largest absolute Gasteiger partial charge is 0.478 e. The molecule has 2 aromatic carbocycles. The number of alkyl halides is 6. The fraction of sp³-hybridized carbons (Fsp3) is 0.238. The van der Waals surface area contributed by atoms with Crippen LogP contribution in [-0.4, -0.2) is 60.7 Å². The molecule has 2 N–H and O–H groups in total. The molecule has 14 heteroatoms. The summed E-state index contributed by atoms with van der Waals surface area (Å²) in [5.41, 5.74) is -12.4. The van der Waals surface area contributed by atoms with E-state index < -0.39 is 75.0 Å². The van der Waals surface area contributed by atoms with Crippen molar-refractivity contribution in [2.45, 2.75) is 17.8 Å². The Kier molecular flexibility index (Phi) is 7.19. The van der Waals surface area contributed by atoms with Gasteiger partial charge in [0.05, 0.1) is 36.5 Å². The molecule has 8 nitrogen and oxygen atoms in total. The highest BCUT2D eigenvalue weighted by Gasteiger charge is 2.72. The second kappa shape index (κ2) is 9.27. The Morgan fingerprint density at radius 3 is 1.17 bits per heavy atom. The van der Waals surface area contributed by atoms with Crippen molar-refractivity contribution in [1.82, 2.24) is 0 Å². The van der Waals surface area contributed by atoms with Crippen molar-refractivity contribution in [3.63, 3.8) is 0 Å². The lowest BCUT2D eigenvalue weighted by atomic mass is 9.71. The van der Waals surface area contributed by atoms with E-state index in [-0.39, 0.29) is 24.3 Å². The number of aromatic carboxylic acids is 2. The number of esters is 2. The lowest BCUT2D eigenvalue weighted by molar-refractivity contribution is -0.288. The van der Waals surface area contributed by atoms with Gasteiger partial charge in [0.15, 0.2) is 0 Å². The van der Waals surface area contributed by atoms with Crippen molar-refractivity contribution in [2.24, 2.45) is 0 Å². The molecule has 0 spiro atoms. The number of methoxy groups -OCH3 is 2. The molecule has 0 saturated heterocycles. The van der Waals surface area contributed by atoms with Crippen LogP contribution in [0.4, 0.5) is 26.3 Å². The molecular weight excluding hydrogens is 494 g/mol. The maximum atomic E-state index is 14.4. The molecule has 0 amide bonds. The Bertz CT molecular complexity index is 1110. The van der Waals surface area contributed by atoms with Gasteiger partial charge in [-0.25, -0.2) is 19.2 Å². The van der Waals surface area contributed by atoms with Crippen molar-refractivity contribution in [3.8, 4) is 0 Å². The molecule has 2 aromatic rings. The lowest BCUT2D eigenvalue weighted by Gasteiger charge is -2.38. The SMILES string of the molecule is COC(=O)c1ccc(C(c2ccc(C(=O)OC)c(C(=O)O)c2)(C(F)(F)F)C(F)(F)F)cc1C(=O)O. The molecule has 0 atom stereocenters. The molecule has 0 aliphatic rings. The Morgan fingerprint density at radius 1 is 0.629 bits per heavy atom. The number of ether oxygens (including phenoxy) is 2. The molecule has 0 bridgehead atoms. The van der Waals surface area contributed by atoms with Gasteiger partial charge in [0.2, 0.25) is 5.41 Å². The molecular formula is C21H14F6O8. The van der Waals surface area contributed by atoms with E-state index in [0.717, 1.165) is 14.2 Å². The number of benzene rings is 2. The van der Waals surface area contributed by atoms with Crippen molar-refractivity contribution < 1.29 is 65.2 Å². The van der Waals surface area contributed by atoms with Crippen molar-refractivity contribution in [2.75, 3.05) is 14.2 Å². The summed E-state index contributed by atoms with van der Waals surface area (Å²) in [4.78, 5) is 46.7.